The van der Waals surface area contributed by atoms with Crippen LogP contribution in [0.15, 0.2) is 35.9 Å². The lowest BCUT2D eigenvalue weighted by Gasteiger charge is -2.22. The van der Waals surface area contributed by atoms with E-state index in [0.29, 0.717) is 11.3 Å². The number of rotatable bonds is 4. The van der Waals surface area contributed by atoms with Crippen LogP contribution in [0.4, 0.5) is 4.79 Å². The molecule has 3 amide bonds. The molecule has 6 heteroatoms. The first-order chi connectivity index (χ1) is 9.38. The van der Waals surface area contributed by atoms with E-state index >= 15 is 0 Å². The van der Waals surface area contributed by atoms with E-state index in [-0.39, 0.29) is 17.5 Å². The molecule has 2 rings (SSSR count). The highest BCUT2D eigenvalue weighted by Crippen LogP contribution is 2.30. The van der Waals surface area contributed by atoms with Gasteiger partial charge in [-0.1, -0.05) is 30.3 Å². The molecule has 1 aromatic rings. The highest BCUT2D eigenvalue weighted by atomic mass is 35.5. The van der Waals surface area contributed by atoms with Crippen LogP contribution in [0.1, 0.15) is 12.5 Å². The molecule has 1 fully saturated rings. The maximum atomic E-state index is 12.4. The normalized spacial score (nSPS) is 21.9. The van der Waals surface area contributed by atoms with Crippen LogP contribution in [0.25, 0.3) is 0 Å². The van der Waals surface area contributed by atoms with Crippen molar-refractivity contribution >= 4 is 23.5 Å². The third-order valence-electron chi connectivity index (χ3n) is 3.27. The monoisotopic (exact) mass is 294 g/mol. The van der Waals surface area contributed by atoms with Gasteiger partial charge in [-0.2, -0.15) is 0 Å². The summed E-state index contributed by atoms with van der Waals surface area (Å²) in [5.41, 5.74) is -0.422. The van der Waals surface area contributed by atoms with Crippen LogP contribution < -0.4 is 10.1 Å². The first-order valence-electron chi connectivity index (χ1n) is 6.00. The van der Waals surface area contributed by atoms with Gasteiger partial charge in [0.1, 0.15) is 11.3 Å². The van der Waals surface area contributed by atoms with Crippen LogP contribution in [0.5, 0.6) is 5.75 Å². The van der Waals surface area contributed by atoms with Gasteiger partial charge >= 0.3 is 6.03 Å². The largest absolute Gasteiger partial charge is 0.497 e. The summed E-state index contributed by atoms with van der Waals surface area (Å²) in [5, 5.41) is 2.92. The predicted molar refractivity (Wildman–Crippen MR) is 75.6 cm³/mol. The van der Waals surface area contributed by atoms with Gasteiger partial charge in [-0.3, -0.25) is 9.69 Å². The van der Waals surface area contributed by atoms with E-state index < -0.39 is 11.6 Å². The number of urea groups is 1. The summed E-state index contributed by atoms with van der Waals surface area (Å²) >= 11 is 5.68. The van der Waals surface area contributed by atoms with Crippen molar-refractivity contribution < 1.29 is 14.3 Å². The fourth-order valence-corrected chi connectivity index (χ4v) is 2.25. The Morgan fingerprint density at radius 1 is 1.40 bits per heavy atom. The molecule has 1 aromatic carbocycles. The molecule has 1 unspecified atom stereocenters. The molecule has 1 aliphatic rings. The van der Waals surface area contributed by atoms with Crippen LogP contribution in [0.3, 0.4) is 0 Å². The Bertz CT molecular complexity index is 570. The summed E-state index contributed by atoms with van der Waals surface area (Å²) in [6.45, 7) is 5.16. The van der Waals surface area contributed by atoms with E-state index in [1.807, 2.05) is 0 Å². The molecule has 106 valence electrons. The van der Waals surface area contributed by atoms with Gasteiger partial charge in [0.2, 0.25) is 0 Å². The number of carbonyl (C=O) groups is 2. The Morgan fingerprint density at radius 3 is 2.50 bits per heavy atom. The van der Waals surface area contributed by atoms with E-state index in [4.69, 9.17) is 16.3 Å². The molecule has 5 nitrogen and oxygen atoms in total. The molecule has 1 atom stereocenters. The van der Waals surface area contributed by atoms with Gasteiger partial charge in [0, 0.05) is 5.03 Å². The average Bonchev–Trinajstić information content (AvgIpc) is 2.63. The summed E-state index contributed by atoms with van der Waals surface area (Å²) in [5.74, 6) is 0.328. The molecular formula is C14H15ClN2O3. The molecular weight excluding hydrogens is 280 g/mol. The van der Waals surface area contributed by atoms with Crippen LogP contribution in [-0.4, -0.2) is 30.5 Å². The number of benzene rings is 1. The minimum atomic E-state index is -1.10. The van der Waals surface area contributed by atoms with Gasteiger partial charge < -0.3 is 10.1 Å². The summed E-state index contributed by atoms with van der Waals surface area (Å²) in [6.07, 6.45) is 0. The van der Waals surface area contributed by atoms with Crippen molar-refractivity contribution in [2.45, 2.75) is 12.5 Å². The van der Waals surface area contributed by atoms with Crippen LogP contribution in [-0.2, 0) is 10.3 Å². The van der Waals surface area contributed by atoms with E-state index in [0.717, 1.165) is 4.90 Å². The van der Waals surface area contributed by atoms with E-state index in [1.165, 1.54) is 0 Å². The van der Waals surface area contributed by atoms with Crippen LogP contribution in [0, 0.1) is 0 Å². The number of halogens is 1. The molecule has 1 heterocycles. The number of nitrogens with zero attached hydrogens (tertiary/aromatic N) is 1. The van der Waals surface area contributed by atoms with Crippen molar-refractivity contribution in [2.24, 2.45) is 0 Å². The fourth-order valence-electron chi connectivity index (χ4n) is 2.13. The highest BCUT2D eigenvalue weighted by molar-refractivity contribution is 6.30. The zero-order valence-corrected chi connectivity index (χ0v) is 12.0. The number of hydrogen-bond donors (Lipinski definition) is 1. The van der Waals surface area contributed by atoms with Gasteiger partial charge in [-0.15, -0.1) is 0 Å². The lowest BCUT2D eigenvalue weighted by atomic mass is 9.92. The summed E-state index contributed by atoms with van der Waals surface area (Å²) in [4.78, 5) is 25.4. The van der Waals surface area contributed by atoms with Crippen LogP contribution in [0.2, 0.25) is 0 Å². The maximum absolute atomic E-state index is 12.4. The van der Waals surface area contributed by atoms with E-state index in [9.17, 15) is 9.59 Å². The van der Waals surface area contributed by atoms with Gasteiger partial charge in [-0.05, 0) is 24.6 Å². The average molecular weight is 295 g/mol. The topological polar surface area (TPSA) is 58.6 Å². The van der Waals surface area contributed by atoms with Crippen molar-refractivity contribution in [2.75, 3.05) is 13.7 Å². The first kappa shape index (κ1) is 14.4. The Morgan fingerprint density at radius 2 is 2.00 bits per heavy atom. The molecule has 1 saturated heterocycles. The number of hydrogen-bond acceptors (Lipinski definition) is 3. The number of carbonyl (C=O) groups excluding carboxylic acids is 2. The van der Waals surface area contributed by atoms with Crippen molar-refractivity contribution in [1.82, 2.24) is 10.2 Å². The summed E-state index contributed by atoms with van der Waals surface area (Å²) in [7, 11) is 1.56. The van der Waals surface area contributed by atoms with Crippen molar-refractivity contribution in [3.05, 3.63) is 41.4 Å². The minimum absolute atomic E-state index is 0.00202. The number of ether oxygens (including phenoxy) is 1. The van der Waals surface area contributed by atoms with Crippen molar-refractivity contribution in [3.8, 4) is 5.75 Å². The van der Waals surface area contributed by atoms with E-state index in [1.54, 1.807) is 38.3 Å². The van der Waals surface area contributed by atoms with Crippen molar-refractivity contribution in [3.63, 3.8) is 0 Å². The quantitative estimate of drug-likeness (QED) is 0.866. The Hall–Kier alpha value is -2.01. The summed E-state index contributed by atoms with van der Waals surface area (Å²) in [6, 6.07) is 6.49. The van der Waals surface area contributed by atoms with E-state index in [2.05, 4.69) is 11.9 Å². The lowest BCUT2D eigenvalue weighted by molar-refractivity contribution is -0.130. The Labute approximate surface area is 122 Å². The Kier molecular flexibility index (Phi) is 3.72. The molecule has 0 aromatic heterocycles. The highest BCUT2D eigenvalue weighted by Gasteiger charge is 2.48. The van der Waals surface area contributed by atoms with Gasteiger partial charge in [-0.25, -0.2) is 4.79 Å². The predicted octanol–water partition coefficient (Wildman–Crippen LogP) is 2.21. The fraction of sp³-hybridized carbons (Fsp3) is 0.286. The van der Waals surface area contributed by atoms with Crippen LogP contribution >= 0.6 is 11.6 Å². The molecule has 0 saturated carbocycles. The van der Waals surface area contributed by atoms with Gasteiger partial charge in [0.25, 0.3) is 5.91 Å². The van der Waals surface area contributed by atoms with Gasteiger partial charge in [0.15, 0.2) is 0 Å². The lowest BCUT2D eigenvalue weighted by Crippen LogP contribution is -2.41. The first-order valence-corrected chi connectivity index (χ1v) is 6.38. The molecule has 1 N–H and O–H groups in total. The number of imide groups is 1. The smallest absolute Gasteiger partial charge is 0.325 e. The third kappa shape index (κ3) is 2.36. The molecule has 0 bridgehead atoms. The molecule has 0 radical (unpaired) electrons. The number of methoxy groups -OCH3 is 1. The Balaban J connectivity index is 2.32. The standard InChI is InChI=1S/C14H15ClN2O3/c1-9(15)8-17-12(18)14(2,16-13(17)19)10-4-6-11(20-3)7-5-10/h4-7H,1,8H2,2-3H3,(H,16,19). The second kappa shape index (κ2) is 5.17. The molecule has 0 aliphatic carbocycles. The maximum Gasteiger partial charge on any atom is 0.325 e. The number of nitrogens with one attached hydrogen (secondary N) is 1. The van der Waals surface area contributed by atoms with Gasteiger partial charge in [0.05, 0.1) is 13.7 Å². The molecule has 1 aliphatic heterocycles. The number of amides is 3. The minimum Gasteiger partial charge on any atom is -0.497 e. The summed E-state index contributed by atoms with van der Waals surface area (Å²) < 4.78 is 5.07. The zero-order chi connectivity index (χ0) is 14.9. The second-order valence-corrected chi connectivity index (χ2v) is 5.23. The third-order valence-corrected chi connectivity index (χ3v) is 3.39. The zero-order valence-electron chi connectivity index (χ0n) is 11.3. The second-order valence-electron chi connectivity index (χ2n) is 4.69. The molecule has 20 heavy (non-hydrogen) atoms. The SMILES string of the molecule is C=C(Cl)CN1C(=O)NC(C)(c2ccc(OC)cc2)C1=O. The van der Waals surface area contributed by atoms with Crippen molar-refractivity contribution in [1.29, 1.82) is 0 Å². The molecule has 0 spiro atoms.